The van der Waals surface area contributed by atoms with Crippen molar-refractivity contribution in [1.29, 1.82) is 0 Å². The Labute approximate surface area is 112 Å². The maximum absolute atomic E-state index is 11.3. The summed E-state index contributed by atoms with van der Waals surface area (Å²) in [4.78, 5) is 21.7. The van der Waals surface area contributed by atoms with Gasteiger partial charge in [-0.05, 0) is 11.6 Å². The average molecular weight is 318 g/mol. The Bertz CT molecular complexity index is 475. The Kier molecular flexibility index (Phi) is 5.08. The van der Waals surface area contributed by atoms with E-state index in [9.17, 15) is 14.9 Å². The number of carbonyl (C=O) groups is 1. The van der Waals surface area contributed by atoms with E-state index in [0.29, 0.717) is 16.6 Å². The normalized spacial score (nSPS) is 9.94. The molecule has 98 valence electrons. The molecule has 0 spiro atoms. The predicted octanol–water partition coefficient (Wildman–Crippen LogP) is 2.21. The Morgan fingerprint density at radius 3 is 2.56 bits per heavy atom. The van der Waals surface area contributed by atoms with Gasteiger partial charge in [0.2, 0.25) is 0 Å². The zero-order valence-corrected chi connectivity index (χ0v) is 11.5. The molecule has 7 heteroatoms. The molecule has 0 aliphatic carbocycles. The third-order valence-electron chi connectivity index (χ3n) is 2.36. The predicted molar refractivity (Wildman–Crippen MR) is 68.0 cm³/mol. The summed E-state index contributed by atoms with van der Waals surface area (Å²) in [7, 11) is 2.63. The van der Waals surface area contributed by atoms with Gasteiger partial charge in [0, 0.05) is 11.4 Å². The van der Waals surface area contributed by atoms with Crippen LogP contribution in [0.2, 0.25) is 0 Å². The lowest BCUT2D eigenvalue weighted by atomic mass is 10.1. The van der Waals surface area contributed by atoms with Crippen LogP contribution in [0.25, 0.3) is 0 Å². The molecule has 0 bridgehead atoms. The summed E-state index contributed by atoms with van der Waals surface area (Å²) in [5, 5.41) is 11.5. The number of hydrogen-bond donors (Lipinski definition) is 0. The summed E-state index contributed by atoms with van der Waals surface area (Å²) in [6, 6.07) is 3.07. The van der Waals surface area contributed by atoms with Crippen LogP contribution in [0.4, 0.5) is 5.69 Å². The van der Waals surface area contributed by atoms with E-state index in [1.165, 1.54) is 20.3 Å². The first kappa shape index (κ1) is 14.4. The molecule has 0 aliphatic heterocycles. The van der Waals surface area contributed by atoms with E-state index in [2.05, 4.69) is 20.7 Å². The molecule has 0 atom stereocenters. The van der Waals surface area contributed by atoms with Gasteiger partial charge in [0.15, 0.2) is 0 Å². The fraction of sp³-hybridized carbons (Fsp3) is 0.364. The molecule has 0 saturated heterocycles. The summed E-state index contributed by atoms with van der Waals surface area (Å²) < 4.78 is 9.61. The van der Waals surface area contributed by atoms with Crippen molar-refractivity contribution in [3.63, 3.8) is 0 Å². The maximum Gasteiger partial charge on any atom is 0.310 e. The van der Waals surface area contributed by atoms with Crippen LogP contribution in [0.1, 0.15) is 11.1 Å². The first-order chi connectivity index (χ1) is 8.53. The molecule has 0 fully saturated rings. The van der Waals surface area contributed by atoms with Crippen molar-refractivity contribution in [3.8, 4) is 5.75 Å². The zero-order valence-electron chi connectivity index (χ0n) is 9.94. The summed E-state index contributed by atoms with van der Waals surface area (Å²) in [5.41, 5.74) is 0.778. The fourth-order valence-corrected chi connectivity index (χ4v) is 1.83. The van der Waals surface area contributed by atoms with Gasteiger partial charge >= 0.3 is 5.97 Å². The van der Waals surface area contributed by atoms with Crippen LogP contribution in [0.15, 0.2) is 12.1 Å². The standard InChI is InChI=1S/C11H12BrNO5/c1-17-10-4-7(6-12)3-9(13(15)16)8(10)5-11(14)18-2/h3-4H,5-6H2,1-2H3. The van der Waals surface area contributed by atoms with Gasteiger partial charge in [-0.25, -0.2) is 0 Å². The van der Waals surface area contributed by atoms with Crippen molar-refractivity contribution < 1.29 is 19.2 Å². The number of hydrogen-bond acceptors (Lipinski definition) is 5. The van der Waals surface area contributed by atoms with Gasteiger partial charge in [-0.2, -0.15) is 0 Å². The monoisotopic (exact) mass is 317 g/mol. The van der Waals surface area contributed by atoms with Gasteiger partial charge in [0.25, 0.3) is 5.69 Å². The van der Waals surface area contributed by atoms with Crippen LogP contribution in [0.3, 0.4) is 0 Å². The van der Waals surface area contributed by atoms with Gasteiger partial charge in [-0.1, -0.05) is 15.9 Å². The molecular formula is C11H12BrNO5. The van der Waals surface area contributed by atoms with Crippen LogP contribution < -0.4 is 4.74 Å². The number of rotatable bonds is 5. The molecule has 0 saturated carbocycles. The third-order valence-corrected chi connectivity index (χ3v) is 3.01. The molecule has 6 nitrogen and oxygen atoms in total. The number of alkyl halides is 1. The zero-order chi connectivity index (χ0) is 13.7. The van der Waals surface area contributed by atoms with Crippen molar-refractivity contribution in [1.82, 2.24) is 0 Å². The lowest BCUT2D eigenvalue weighted by molar-refractivity contribution is -0.385. The molecule has 0 aromatic heterocycles. The molecule has 0 unspecified atom stereocenters. The molecule has 0 aliphatic rings. The number of nitrogens with zero attached hydrogens (tertiary/aromatic N) is 1. The van der Waals surface area contributed by atoms with Crippen molar-refractivity contribution in [2.45, 2.75) is 11.8 Å². The topological polar surface area (TPSA) is 78.7 Å². The van der Waals surface area contributed by atoms with Crippen molar-refractivity contribution in [2.24, 2.45) is 0 Å². The molecule has 1 rings (SSSR count). The van der Waals surface area contributed by atoms with E-state index in [1.54, 1.807) is 6.07 Å². The molecular weight excluding hydrogens is 306 g/mol. The average Bonchev–Trinajstić information content (AvgIpc) is 2.38. The van der Waals surface area contributed by atoms with Crippen LogP contribution in [0.5, 0.6) is 5.75 Å². The summed E-state index contributed by atoms with van der Waals surface area (Å²) in [6.07, 6.45) is -0.196. The molecule has 18 heavy (non-hydrogen) atoms. The van der Waals surface area contributed by atoms with Gasteiger partial charge in [0.1, 0.15) is 5.75 Å². The Morgan fingerprint density at radius 2 is 2.11 bits per heavy atom. The number of carbonyl (C=O) groups excluding carboxylic acids is 1. The minimum absolute atomic E-state index is 0.144. The lowest BCUT2D eigenvalue weighted by Gasteiger charge is -2.10. The number of nitro groups is 1. The second kappa shape index (κ2) is 6.34. The van der Waals surface area contributed by atoms with E-state index >= 15 is 0 Å². The number of methoxy groups -OCH3 is 2. The number of benzene rings is 1. The number of nitro benzene ring substituents is 1. The molecule has 1 aromatic rings. The Balaban J connectivity index is 3.34. The van der Waals surface area contributed by atoms with Crippen LogP contribution in [-0.4, -0.2) is 25.1 Å². The quantitative estimate of drug-likeness (QED) is 0.360. The summed E-state index contributed by atoms with van der Waals surface area (Å²) in [6.45, 7) is 0. The smallest absolute Gasteiger partial charge is 0.310 e. The maximum atomic E-state index is 11.3. The highest BCUT2D eigenvalue weighted by atomic mass is 79.9. The minimum Gasteiger partial charge on any atom is -0.496 e. The number of ether oxygens (including phenoxy) is 2. The van der Waals surface area contributed by atoms with E-state index in [-0.39, 0.29) is 17.7 Å². The summed E-state index contributed by atoms with van der Waals surface area (Å²) >= 11 is 3.22. The van der Waals surface area contributed by atoms with Crippen molar-refractivity contribution in [2.75, 3.05) is 14.2 Å². The molecule has 0 radical (unpaired) electrons. The largest absolute Gasteiger partial charge is 0.496 e. The van der Waals surface area contributed by atoms with Crippen LogP contribution in [-0.2, 0) is 21.3 Å². The molecule has 0 amide bonds. The third kappa shape index (κ3) is 3.19. The minimum atomic E-state index is -0.553. The van der Waals surface area contributed by atoms with Crippen LogP contribution >= 0.6 is 15.9 Å². The van der Waals surface area contributed by atoms with E-state index in [0.717, 1.165) is 0 Å². The van der Waals surface area contributed by atoms with Gasteiger partial charge in [0.05, 0.1) is 31.1 Å². The van der Waals surface area contributed by atoms with Crippen molar-refractivity contribution >= 4 is 27.6 Å². The van der Waals surface area contributed by atoms with E-state index < -0.39 is 10.9 Å². The highest BCUT2D eigenvalue weighted by molar-refractivity contribution is 9.08. The Hall–Kier alpha value is -1.63. The van der Waals surface area contributed by atoms with E-state index in [1.807, 2.05) is 0 Å². The van der Waals surface area contributed by atoms with E-state index in [4.69, 9.17) is 4.74 Å². The molecule has 0 N–H and O–H groups in total. The highest BCUT2D eigenvalue weighted by Gasteiger charge is 2.22. The van der Waals surface area contributed by atoms with Gasteiger partial charge < -0.3 is 9.47 Å². The second-order valence-corrected chi connectivity index (χ2v) is 4.00. The lowest BCUT2D eigenvalue weighted by Crippen LogP contribution is -2.09. The second-order valence-electron chi connectivity index (χ2n) is 3.44. The Morgan fingerprint density at radius 1 is 1.44 bits per heavy atom. The molecule has 0 heterocycles. The van der Waals surface area contributed by atoms with Crippen LogP contribution in [0, 0.1) is 10.1 Å². The fourth-order valence-electron chi connectivity index (χ4n) is 1.50. The first-order valence-electron chi connectivity index (χ1n) is 5.00. The SMILES string of the molecule is COC(=O)Cc1c(OC)cc(CBr)cc1[N+](=O)[O-]. The van der Waals surface area contributed by atoms with Gasteiger partial charge in [-0.3, -0.25) is 14.9 Å². The van der Waals surface area contributed by atoms with Gasteiger partial charge in [-0.15, -0.1) is 0 Å². The highest BCUT2D eigenvalue weighted by Crippen LogP contribution is 2.31. The molecule has 1 aromatic carbocycles. The van der Waals surface area contributed by atoms with Crippen molar-refractivity contribution in [3.05, 3.63) is 33.4 Å². The summed E-state index contributed by atoms with van der Waals surface area (Å²) in [5.74, 6) is -0.243. The number of halogens is 1. The first-order valence-corrected chi connectivity index (χ1v) is 6.12. The number of esters is 1.